The normalized spacial score (nSPS) is 14.2. The van der Waals surface area contributed by atoms with E-state index in [1.54, 1.807) is 36.4 Å². The molecule has 0 aliphatic heterocycles. The molecule has 2 aromatic carbocycles. The number of aliphatic hydroxyl groups is 1. The minimum atomic E-state index is -0.797. The highest BCUT2D eigenvalue weighted by molar-refractivity contribution is 6.30. The maximum absolute atomic E-state index is 10.2. The molecule has 0 aromatic heterocycles. The van der Waals surface area contributed by atoms with Crippen LogP contribution < -0.4 is 11.5 Å². The molecule has 94 valence electrons. The first-order chi connectivity index (χ1) is 8.58. The van der Waals surface area contributed by atoms with Crippen molar-refractivity contribution in [1.82, 2.24) is 0 Å². The molecule has 0 spiro atoms. The summed E-state index contributed by atoms with van der Waals surface area (Å²) in [5, 5.41) is 10.9. The van der Waals surface area contributed by atoms with Crippen molar-refractivity contribution < 1.29 is 5.11 Å². The van der Waals surface area contributed by atoms with Crippen molar-refractivity contribution in [1.29, 1.82) is 0 Å². The molecule has 0 amide bonds. The molecule has 18 heavy (non-hydrogen) atoms. The van der Waals surface area contributed by atoms with Crippen LogP contribution in [0.3, 0.4) is 0 Å². The molecule has 2 unspecified atom stereocenters. The van der Waals surface area contributed by atoms with Gasteiger partial charge < -0.3 is 16.6 Å². The quantitative estimate of drug-likeness (QED) is 0.745. The van der Waals surface area contributed by atoms with Crippen LogP contribution in [0.2, 0.25) is 5.02 Å². The van der Waals surface area contributed by atoms with Gasteiger partial charge in [0.1, 0.15) is 0 Å². The predicted octanol–water partition coefficient (Wildman–Crippen LogP) is 2.66. The van der Waals surface area contributed by atoms with Crippen LogP contribution in [0.1, 0.15) is 23.3 Å². The van der Waals surface area contributed by atoms with Crippen LogP contribution in [0.4, 0.5) is 5.69 Å². The van der Waals surface area contributed by atoms with Crippen molar-refractivity contribution in [3.8, 4) is 0 Å². The molecule has 4 heteroatoms. The van der Waals surface area contributed by atoms with Crippen LogP contribution in [0, 0.1) is 0 Å². The number of rotatable bonds is 3. The summed E-state index contributed by atoms with van der Waals surface area (Å²) in [6, 6.07) is 13.7. The fourth-order valence-electron chi connectivity index (χ4n) is 1.82. The third-order valence-electron chi connectivity index (χ3n) is 2.85. The molecule has 0 aliphatic rings. The van der Waals surface area contributed by atoms with E-state index < -0.39 is 12.1 Å². The van der Waals surface area contributed by atoms with Gasteiger partial charge in [-0.05, 0) is 35.4 Å². The summed E-state index contributed by atoms with van der Waals surface area (Å²) in [6.45, 7) is 0. The Balaban J connectivity index is 2.23. The zero-order valence-electron chi connectivity index (χ0n) is 9.75. The fraction of sp³-hybridized carbons (Fsp3) is 0.143. The van der Waals surface area contributed by atoms with Crippen LogP contribution in [0.15, 0.2) is 48.5 Å². The number of nitrogen functional groups attached to an aromatic ring is 1. The molecule has 5 N–H and O–H groups in total. The second kappa shape index (κ2) is 5.40. The second-order valence-corrected chi connectivity index (χ2v) is 4.63. The Morgan fingerprint density at radius 1 is 1.00 bits per heavy atom. The lowest BCUT2D eigenvalue weighted by Gasteiger charge is -2.20. The Kier molecular flexibility index (Phi) is 3.87. The predicted molar refractivity (Wildman–Crippen MR) is 74.2 cm³/mol. The molecule has 0 heterocycles. The number of anilines is 1. The molecule has 0 saturated carbocycles. The highest BCUT2D eigenvalue weighted by Crippen LogP contribution is 2.28. The van der Waals surface area contributed by atoms with Gasteiger partial charge in [0.05, 0.1) is 12.1 Å². The minimum absolute atomic E-state index is 0.510. The summed E-state index contributed by atoms with van der Waals surface area (Å²) >= 11 is 5.81. The van der Waals surface area contributed by atoms with E-state index in [1.807, 2.05) is 12.1 Å². The van der Waals surface area contributed by atoms with Crippen molar-refractivity contribution in [3.05, 3.63) is 64.7 Å². The van der Waals surface area contributed by atoms with Gasteiger partial charge >= 0.3 is 0 Å². The van der Waals surface area contributed by atoms with E-state index in [4.69, 9.17) is 23.1 Å². The summed E-state index contributed by atoms with van der Waals surface area (Å²) in [7, 11) is 0. The Morgan fingerprint density at radius 2 is 1.67 bits per heavy atom. The van der Waals surface area contributed by atoms with Gasteiger partial charge in [-0.1, -0.05) is 35.9 Å². The molecule has 2 aromatic rings. The van der Waals surface area contributed by atoms with Crippen molar-refractivity contribution in [2.45, 2.75) is 12.1 Å². The number of nitrogens with two attached hydrogens (primary N) is 2. The Bertz CT molecular complexity index is 528. The van der Waals surface area contributed by atoms with Crippen LogP contribution in [-0.2, 0) is 0 Å². The van der Waals surface area contributed by atoms with E-state index >= 15 is 0 Å². The molecule has 2 rings (SSSR count). The molecular weight excluding hydrogens is 248 g/mol. The summed E-state index contributed by atoms with van der Waals surface area (Å²) in [4.78, 5) is 0. The molecule has 0 bridgehead atoms. The van der Waals surface area contributed by atoms with Crippen molar-refractivity contribution in [2.75, 3.05) is 5.73 Å². The fourth-order valence-corrected chi connectivity index (χ4v) is 1.94. The minimum Gasteiger partial charge on any atom is -0.399 e. The monoisotopic (exact) mass is 262 g/mol. The summed E-state index contributed by atoms with van der Waals surface area (Å²) < 4.78 is 0. The van der Waals surface area contributed by atoms with Crippen LogP contribution >= 0.6 is 11.6 Å². The van der Waals surface area contributed by atoms with Gasteiger partial charge in [0.2, 0.25) is 0 Å². The molecule has 2 atom stereocenters. The summed E-state index contributed by atoms with van der Waals surface area (Å²) in [5.74, 6) is 0. The van der Waals surface area contributed by atoms with Gasteiger partial charge in [0.25, 0.3) is 0 Å². The largest absolute Gasteiger partial charge is 0.399 e. The zero-order chi connectivity index (χ0) is 13.1. The maximum Gasteiger partial charge on any atom is 0.0983 e. The highest BCUT2D eigenvalue weighted by Gasteiger charge is 2.18. The average Bonchev–Trinajstić information content (AvgIpc) is 2.38. The van der Waals surface area contributed by atoms with Gasteiger partial charge in [0.15, 0.2) is 0 Å². The zero-order valence-corrected chi connectivity index (χ0v) is 10.5. The number of benzene rings is 2. The summed E-state index contributed by atoms with van der Waals surface area (Å²) in [6.07, 6.45) is -0.797. The first-order valence-electron chi connectivity index (χ1n) is 5.62. The van der Waals surface area contributed by atoms with E-state index in [0.717, 1.165) is 5.56 Å². The first-order valence-corrected chi connectivity index (χ1v) is 6.00. The molecule has 0 radical (unpaired) electrons. The molecular formula is C14H15ClN2O. The standard InChI is InChI=1S/C14H15ClN2O/c15-11-6-4-9(5-7-11)13(17)14(18)10-2-1-3-12(16)8-10/h1-8,13-14,18H,16-17H2. The van der Waals surface area contributed by atoms with E-state index in [2.05, 4.69) is 0 Å². The van der Waals surface area contributed by atoms with Gasteiger partial charge in [-0.15, -0.1) is 0 Å². The highest BCUT2D eigenvalue weighted by atomic mass is 35.5. The van der Waals surface area contributed by atoms with Crippen LogP contribution in [0.5, 0.6) is 0 Å². The van der Waals surface area contributed by atoms with E-state index in [-0.39, 0.29) is 0 Å². The van der Waals surface area contributed by atoms with Gasteiger partial charge in [0, 0.05) is 10.7 Å². The third kappa shape index (κ3) is 2.82. The van der Waals surface area contributed by atoms with Crippen LogP contribution in [0.25, 0.3) is 0 Å². The third-order valence-corrected chi connectivity index (χ3v) is 3.10. The lowest BCUT2D eigenvalue weighted by atomic mass is 9.96. The topological polar surface area (TPSA) is 72.3 Å². The molecule has 0 aliphatic carbocycles. The SMILES string of the molecule is Nc1cccc(C(O)C(N)c2ccc(Cl)cc2)c1. The Labute approximate surface area is 111 Å². The Morgan fingerprint density at radius 3 is 2.28 bits per heavy atom. The van der Waals surface area contributed by atoms with Gasteiger partial charge in [-0.2, -0.15) is 0 Å². The van der Waals surface area contributed by atoms with E-state index in [1.165, 1.54) is 0 Å². The lowest BCUT2D eigenvalue weighted by molar-refractivity contribution is 0.147. The Hall–Kier alpha value is -1.55. The number of aliphatic hydroxyl groups excluding tert-OH is 1. The molecule has 0 saturated heterocycles. The molecule has 3 nitrogen and oxygen atoms in total. The maximum atomic E-state index is 10.2. The van der Waals surface area contributed by atoms with Crippen molar-refractivity contribution in [3.63, 3.8) is 0 Å². The summed E-state index contributed by atoms with van der Waals surface area (Å²) in [5.41, 5.74) is 13.9. The number of hydrogen-bond donors (Lipinski definition) is 3. The lowest BCUT2D eigenvalue weighted by Crippen LogP contribution is -2.19. The molecule has 0 fully saturated rings. The number of halogens is 1. The average molecular weight is 263 g/mol. The van der Waals surface area contributed by atoms with Crippen molar-refractivity contribution >= 4 is 17.3 Å². The second-order valence-electron chi connectivity index (χ2n) is 4.19. The van der Waals surface area contributed by atoms with Crippen LogP contribution in [-0.4, -0.2) is 5.11 Å². The smallest absolute Gasteiger partial charge is 0.0983 e. The van der Waals surface area contributed by atoms with Gasteiger partial charge in [-0.3, -0.25) is 0 Å². The first kappa shape index (κ1) is 12.9. The van der Waals surface area contributed by atoms with E-state index in [0.29, 0.717) is 16.3 Å². The van der Waals surface area contributed by atoms with Crippen molar-refractivity contribution in [2.24, 2.45) is 5.73 Å². The van der Waals surface area contributed by atoms with E-state index in [9.17, 15) is 5.11 Å². The number of hydrogen-bond acceptors (Lipinski definition) is 3. The van der Waals surface area contributed by atoms with Gasteiger partial charge in [-0.25, -0.2) is 0 Å².